The molecule has 142 valence electrons. The van der Waals surface area contributed by atoms with Gasteiger partial charge in [0.1, 0.15) is 11.4 Å². The van der Waals surface area contributed by atoms with Crippen LogP contribution in [-0.4, -0.2) is 5.91 Å². The summed E-state index contributed by atoms with van der Waals surface area (Å²) >= 11 is 0. The summed E-state index contributed by atoms with van der Waals surface area (Å²) in [4.78, 5) is 28.3. The molecule has 0 radical (unpaired) electrons. The van der Waals surface area contributed by atoms with Crippen molar-refractivity contribution in [3.8, 4) is 0 Å². The van der Waals surface area contributed by atoms with E-state index in [1.165, 1.54) is 12.1 Å². The molecule has 0 spiro atoms. The molecule has 0 saturated carbocycles. The van der Waals surface area contributed by atoms with Crippen molar-refractivity contribution in [2.45, 2.75) is 13.0 Å². The number of amides is 1. The molecular formula is C24H16FNO3. The number of para-hydroxylation sites is 1. The first kappa shape index (κ1) is 17.4. The number of rotatable bonds is 2. The summed E-state index contributed by atoms with van der Waals surface area (Å²) in [5.74, 6) is -0.738. The molecule has 1 aromatic heterocycles. The van der Waals surface area contributed by atoms with Crippen LogP contribution in [0.1, 0.15) is 33.3 Å². The van der Waals surface area contributed by atoms with Crippen molar-refractivity contribution in [3.63, 3.8) is 0 Å². The number of carbonyl (C=O) groups excluding carboxylic acids is 1. The highest BCUT2D eigenvalue weighted by Crippen LogP contribution is 2.41. The van der Waals surface area contributed by atoms with Crippen LogP contribution in [0.25, 0.3) is 11.0 Å². The topological polar surface area (TPSA) is 50.5 Å². The highest BCUT2D eigenvalue weighted by atomic mass is 19.1. The third-order valence-corrected chi connectivity index (χ3v) is 5.24. The molecular weight excluding hydrogens is 369 g/mol. The summed E-state index contributed by atoms with van der Waals surface area (Å²) in [6.07, 6.45) is 0. The fourth-order valence-corrected chi connectivity index (χ4v) is 3.92. The van der Waals surface area contributed by atoms with Gasteiger partial charge in [-0.2, -0.15) is 0 Å². The van der Waals surface area contributed by atoms with Crippen LogP contribution in [0, 0.1) is 12.7 Å². The molecule has 1 unspecified atom stereocenters. The molecule has 0 saturated heterocycles. The first-order valence-corrected chi connectivity index (χ1v) is 9.26. The van der Waals surface area contributed by atoms with E-state index in [-0.39, 0.29) is 28.5 Å². The second-order valence-electron chi connectivity index (χ2n) is 7.14. The lowest BCUT2D eigenvalue weighted by atomic mass is 9.98. The first-order chi connectivity index (χ1) is 14.0. The van der Waals surface area contributed by atoms with E-state index in [0.717, 1.165) is 5.56 Å². The quantitative estimate of drug-likeness (QED) is 0.488. The SMILES string of the molecule is Cc1cccc(N2C(=O)c3oc4ccccc4c(=O)c3C2c2ccc(F)cc2)c1. The van der Waals surface area contributed by atoms with E-state index in [9.17, 15) is 14.0 Å². The van der Waals surface area contributed by atoms with Crippen molar-refractivity contribution < 1.29 is 13.6 Å². The third kappa shape index (κ3) is 2.66. The van der Waals surface area contributed by atoms with E-state index in [4.69, 9.17) is 4.42 Å². The summed E-state index contributed by atoms with van der Waals surface area (Å²) in [7, 11) is 0. The largest absolute Gasteiger partial charge is 0.450 e. The number of hydrogen-bond acceptors (Lipinski definition) is 3. The molecule has 4 nitrogen and oxygen atoms in total. The van der Waals surface area contributed by atoms with Gasteiger partial charge in [-0.15, -0.1) is 0 Å². The van der Waals surface area contributed by atoms with Crippen LogP contribution in [0.4, 0.5) is 10.1 Å². The third-order valence-electron chi connectivity index (χ3n) is 5.24. The normalized spacial score (nSPS) is 15.7. The Labute approximate surface area is 165 Å². The minimum absolute atomic E-state index is 0.0320. The predicted octanol–water partition coefficient (Wildman–Crippen LogP) is 4.99. The van der Waals surface area contributed by atoms with Crippen molar-refractivity contribution in [2.24, 2.45) is 0 Å². The second-order valence-corrected chi connectivity index (χ2v) is 7.14. The van der Waals surface area contributed by atoms with Gasteiger partial charge in [-0.25, -0.2) is 4.39 Å². The molecule has 0 N–H and O–H groups in total. The Hall–Kier alpha value is -3.73. The summed E-state index contributed by atoms with van der Waals surface area (Å²) in [5, 5.41) is 0.414. The summed E-state index contributed by atoms with van der Waals surface area (Å²) < 4.78 is 19.4. The first-order valence-electron chi connectivity index (χ1n) is 9.26. The van der Waals surface area contributed by atoms with Gasteiger partial charge in [0.2, 0.25) is 5.76 Å². The zero-order valence-electron chi connectivity index (χ0n) is 15.6. The Bertz CT molecular complexity index is 1320. The van der Waals surface area contributed by atoms with Crippen LogP contribution in [0.15, 0.2) is 82.0 Å². The number of nitrogens with zero attached hydrogens (tertiary/aromatic N) is 1. The van der Waals surface area contributed by atoms with Gasteiger partial charge in [-0.1, -0.05) is 36.4 Å². The molecule has 2 heterocycles. The van der Waals surface area contributed by atoms with Crippen LogP contribution in [0.3, 0.4) is 0 Å². The number of fused-ring (bicyclic) bond motifs is 2. The molecule has 5 rings (SSSR count). The standard InChI is InChI=1S/C24H16FNO3/c1-14-5-4-6-17(13-14)26-21(15-9-11-16(25)12-10-15)20-22(27)18-7-2-3-8-19(18)29-23(20)24(26)28/h2-13,21H,1H3. The van der Waals surface area contributed by atoms with Crippen molar-refractivity contribution >= 4 is 22.6 Å². The van der Waals surface area contributed by atoms with Gasteiger partial charge in [0.05, 0.1) is 17.0 Å². The summed E-state index contributed by atoms with van der Waals surface area (Å²) in [6, 6.07) is 19.5. The number of benzene rings is 3. The van der Waals surface area contributed by atoms with Gasteiger partial charge in [-0.05, 0) is 54.4 Å². The zero-order chi connectivity index (χ0) is 20.1. The molecule has 0 fully saturated rings. The van der Waals surface area contributed by atoms with Crippen molar-refractivity contribution in [1.29, 1.82) is 0 Å². The molecule has 4 aromatic rings. The molecule has 3 aromatic carbocycles. The number of halogens is 1. The van der Waals surface area contributed by atoms with Gasteiger partial charge in [0.15, 0.2) is 5.43 Å². The molecule has 29 heavy (non-hydrogen) atoms. The zero-order valence-corrected chi connectivity index (χ0v) is 15.6. The van der Waals surface area contributed by atoms with E-state index in [1.807, 2.05) is 31.2 Å². The number of hydrogen-bond donors (Lipinski definition) is 0. The predicted molar refractivity (Wildman–Crippen MR) is 109 cm³/mol. The Balaban J connectivity index is 1.82. The van der Waals surface area contributed by atoms with E-state index in [0.29, 0.717) is 22.2 Å². The molecule has 0 aliphatic carbocycles. The Kier molecular flexibility index (Phi) is 3.84. The number of carbonyl (C=O) groups is 1. The molecule has 5 heteroatoms. The van der Waals surface area contributed by atoms with Gasteiger partial charge < -0.3 is 4.42 Å². The lowest BCUT2D eigenvalue weighted by Crippen LogP contribution is -2.29. The van der Waals surface area contributed by atoms with Crippen LogP contribution in [0.5, 0.6) is 0 Å². The van der Waals surface area contributed by atoms with Crippen molar-refractivity contribution in [2.75, 3.05) is 4.90 Å². The maximum Gasteiger partial charge on any atom is 0.295 e. The monoisotopic (exact) mass is 385 g/mol. The minimum atomic E-state index is -0.694. The van der Waals surface area contributed by atoms with Crippen molar-refractivity contribution in [1.82, 2.24) is 0 Å². The highest BCUT2D eigenvalue weighted by Gasteiger charge is 2.43. The van der Waals surface area contributed by atoms with E-state index >= 15 is 0 Å². The molecule has 1 amide bonds. The Morgan fingerprint density at radius 1 is 0.931 bits per heavy atom. The van der Waals surface area contributed by atoms with Gasteiger partial charge in [0, 0.05) is 5.69 Å². The van der Waals surface area contributed by atoms with Gasteiger partial charge in [-0.3, -0.25) is 14.5 Å². The average molecular weight is 385 g/mol. The summed E-state index contributed by atoms with van der Waals surface area (Å²) in [5.41, 5.74) is 2.67. The van der Waals surface area contributed by atoms with E-state index in [1.54, 1.807) is 41.3 Å². The minimum Gasteiger partial charge on any atom is -0.450 e. The number of anilines is 1. The maximum atomic E-state index is 13.5. The lowest BCUT2D eigenvalue weighted by Gasteiger charge is -2.25. The average Bonchev–Trinajstić information content (AvgIpc) is 3.02. The van der Waals surface area contributed by atoms with Crippen LogP contribution in [-0.2, 0) is 0 Å². The lowest BCUT2D eigenvalue weighted by molar-refractivity contribution is 0.0971. The van der Waals surface area contributed by atoms with Gasteiger partial charge >= 0.3 is 0 Å². The Morgan fingerprint density at radius 2 is 1.69 bits per heavy atom. The van der Waals surface area contributed by atoms with Crippen LogP contribution < -0.4 is 10.3 Å². The van der Waals surface area contributed by atoms with Gasteiger partial charge in [0.25, 0.3) is 5.91 Å². The number of aryl methyl sites for hydroxylation is 1. The Morgan fingerprint density at radius 3 is 2.45 bits per heavy atom. The molecule has 0 bridgehead atoms. The fraction of sp³-hybridized carbons (Fsp3) is 0.0833. The molecule has 1 aliphatic rings. The smallest absolute Gasteiger partial charge is 0.295 e. The molecule has 1 atom stereocenters. The molecule has 1 aliphatic heterocycles. The van der Waals surface area contributed by atoms with Crippen molar-refractivity contribution in [3.05, 3.63) is 111 Å². The van der Waals surface area contributed by atoms with Crippen LogP contribution >= 0.6 is 0 Å². The maximum absolute atomic E-state index is 13.5. The van der Waals surface area contributed by atoms with Crippen LogP contribution in [0.2, 0.25) is 0 Å². The fourth-order valence-electron chi connectivity index (χ4n) is 3.92. The van der Waals surface area contributed by atoms with E-state index in [2.05, 4.69) is 0 Å². The second kappa shape index (κ2) is 6.41. The summed E-state index contributed by atoms with van der Waals surface area (Å²) in [6.45, 7) is 1.93. The van der Waals surface area contributed by atoms with E-state index < -0.39 is 6.04 Å². The highest BCUT2D eigenvalue weighted by molar-refractivity contribution is 6.10.